The summed E-state index contributed by atoms with van der Waals surface area (Å²) < 4.78 is 13.6. The predicted octanol–water partition coefficient (Wildman–Crippen LogP) is 2.37. The Morgan fingerprint density at radius 3 is 2.89 bits per heavy atom. The molecule has 1 aromatic carbocycles. The van der Waals surface area contributed by atoms with Crippen LogP contribution < -0.4 is 11.3 Å². The lowest BCUT2D eigenvalue weighted by molar-refractivity contribution is 0.0702. The Bertz CT molecular complexity index is 476. The molecule has 1 atom stereocenters. The van der Waals surface area contributed by atoms with Crippen molar-refractivity contribution < 1.29 is 9.18 Å². The van der Waals surface area contributed by atoms with Gasteiger partial charge in [-0.2, -0.15) is 0 Å². The molecular formula is C14H20FN3O. The fourth-order valence-corrected chi connectivity index (χ4v) is 2.74. The van der Waals surface area contributed by atoms with Crippen molar-refractivity contribution in [3.05, 3.63) is 29.6 Å². The molecule has 1 fully saturated rings. The van der Waals surface area contributed by atoms with Gasteiger partial charge in [-0.05, 0) is 30.9 Å². The third-order valence-electron chi connectivity index (χ3n) is 3.72. The number of amides is 1. The van der Waals surface area contributed by atoms with Crippen molar-refractivity contribution >= 4 is 11.6 Å². The Balaban J connectivity index is 2.32. The highest BCUT2D eigenvalue weighted by Crippen LogP contribution is 2.28. The van der Waals surface area contributed by atoms with Crippen LogP contribution in [0, 0.1) is 11.7 Å². The number of hydrazine groups is 1. The Kier molecular flexibility index (Phi) is 4.04. The minimum Gasteiger partial charge on any atom is -0.335 e. The SMILES string of the molecule is CC(C)C1CCCN1C(=O)c1cccc(F)c1NN. The number of nitrogen functional groups attached to an aromatic ring is 1. The van der Waals surface area contributed by atoms with Crippen molar-refractivity contribution in [2.75, 3.05) is 12.0 Å². The van der Waals surface area contributed by atoms with Crippen LogP contribution in [0.4, 0.5) is 10.1 Å². The van der Waals surface area contributed by atoms with Gasteiger partial charge in [0.2, 0.25) is 0 Å². The summed E-state index contributed by atoms with van der Waals surface area (Å²) in [6, 6.07) is 4.65. The van der Waals surface area contributed by atoms with Crippen LogP contribution in [0.15, 0.2) is 18.2 Å². The zero-order chi connectivity index (χ0) is 14.0. The van der Waals surface area contributed by atoms with Gasteiger partial charge in [-0.1, -0.05) is 19.9 Å². The molecule has 19 heavy (non-hydrogen) atoms. The zero-order valence-electron chi connectivity index (χ0n) is 11.3. The van der Waals surface area contributed by atoms with E-state index in [-0.39, 0.29) is 17.6 Å². The van der Waals surface area contributed by atoms with Crippen molar-refractivity contribution in [3.8, 4) is 0 Å². The maximum atomic E-state index is 13.6. The molecule has 1 heterocycles. The van der Waals surface area contributed by atoms with E-state index in [1.807, 2.05) is 4.90 Å². The monoisotopic (exact) mass is 265 g/mol. The number of nitrogens with one attached hydrogen (secondary N) is 1. The molecule has 0 radical (unpaired) electrons. The molecule has 4 nitrogen and oxygen atoms in total. The van der Waals surface area contributed by atoms with E-state index in [0.717, 1.165) is 19.4 Å². The molecule has 1 unspecified atom stereocenters. The van der Waals surface area contributed by atoms with Crippen LogP contribution in [0.5, 0.6) is 0 Å². The number of carbonyl (C=O) groups excluding carboxylic acids is 1. The van der Waals surface area contributed by atoms with E-state index in [1.165, 1.54) is 12.1 Å². The van der Waals surface area contributed by atoms with E-state index in [0.29, 0.717) is 11.5 Å². The molecule has 104 valence electrons. The molecular weight excluding hydrogens is 245 g/mol. The Morgan fingerprint density at radius 1 is 1.53 bits per heavy atom. The van der Waals surface area contributed by atoms with Gasteiger partial charge in [-0.3, -0.25) is 10.6 Å². The number of carbonyl (C=O) groups is 1. The normalized spacial score (nSPS) is 19.0. The number of benzene rings is 1. The predicted molar refractivity (Wildman–Crippen MR) is 73.1 cm³/mol. The van der Waals surface area contributed by atoms with E-state index in [2.05, 4.69) is 19.3 Å². The molecule has 5 heteroatoms. The van der Waals surface area contributed by atoms with Gasteiger partial charge in [0.1, 0.15) is 5.82 Å². The summed E-state index contributed by atoms with van der Waals surface area (Å²) in [4.78, 5) is 14.4. The number of nitrogens with zero attached hydrogens (tertiary/aromatic N) is 1. The third-order valence-corrected chi connectivity index (χ3v) is 3.72. The number of anilines is 1. The zero-order valence-corrected chi connectivity index (χ0v) is 11.3. The van der Waals surface area contributed by atoms with Gasteiger partial charge in [0, 0.05) is 12.6 Å². The largest absolute Gasteiger partial charge is 0.335 e. The quantitative estimate of drug-likeness (QED) is 0.651. The molecule has 0 bridgehead atoms. The van der Waals surface area contributed by atoms with Gasteiger partial charge in [0.15, 0.2) is 0 Å². The average Bonchev–Trinajstić information content (AvgIpc) is 2.86. The number of hydrogen-bond acceptors (Lipinski definition) is 3. The van der Waals surface area contributed by atoms with Crippen LogP contribution in [-0.4, -0.2) is 23.4 Å². The minimum absolute atomic E-state index is 0.0712. The lowest BCUT2D eigenvalue weighted by Crippen LogP contribution is -2.39. The number of hydrogen-bond donors (Lipinski definition) is 2. The summed E-state index contributed by atoms with van der Waals surface area (Å²) in [5, 5.41) is 0. The number of rotatable bonds is 3. The summed E-state index contributed by atoms with van der Waals surface area (Å²) in [5.41, 5.74) is 2.66. The summed E-state index contributed by atoms with van der Waals surface area (Å²) in [6.07, 6.45) is 2.00. The second kappa shape index (κ2) is 5.57. The highest BCUT2D eigenvalue weighted by molar-refractivity contribution is 6.00. The second-order valence-electron chi connectivity index (χ2n) is 5.26. The van der Waals surface area contributed by atoms with Crippen molar-refractivity contribution in [1.29, 1.82) is 0 Å². The minimum atomic E-state index is -0.506. The lowest BCUT2D eigenvalue weighted by Gasteiger charge is -2.28. The molecule has 0 aromatic heterocycles. The highest BCUT2D eigenvalue weighted by atomic mass is 19.1. The summed E-state index contributed by atoms with van der Waals surface area (Å²) in [7, 11) is 0. The van der Waals surface area contributed by atoms with Gasteiger partial charge >= 0.3 is 0 Å². The van der Waals surface area contributed by atoms with Crippen LogP contribution in [0.3, 0.4) is 0 Å². The molecule has 1 aliphatic rings. The van der Waals surface area contributed by atoms with Crippen molar-refractivity contribution in [2.45, 2.75) is 32.7 Å². The number of likely N-dealkylation sites (tertiary alicyclic amines) is 1. The molecule has 1 saturated heterocycles. The van der Waals surface area contributed by atoms with Crippen LogP contribution in [0.25, 0.3) is 0 Å². The standard InChI is InChI=1S/C14H20FN3O/c1-9(2)12-7-4-8-18(12)14(19)10-5-3-6-11(15)13(10)17-16/h3,5-6,9,12,17H,4,7-8,16H2,1-2H3. The smallest absolute Gasteiger partial charge is 0.256 e. The second-order valence-corrected chi connectivity index (χ2v) is 5.26. The molecule has 1 aliphatic heterocycles. The van der Waals surface area contributed by atoms with Gasteiger partial charge in [0.05, 0.1) is 11.3 Å². The number of para-hydroxylation sites is 1. The fourth-order valence-electron chi connectivity index (χ4n) is 2.74. The van der Waals surface area contributed by atoms with E-state index in [1.54, 1.807) is 6.07 Å². The number of nitrogens with two attached hydrogens (primary N) is 1. The molecule has 2 rings (SSSR count). The van der Waals surface area contributed by atoms with Gasteiger partial charge in [-0.25, -0.2) is 4.39 Å². The first-order valence-electron chi connectivity index (χ1n) is 6.62. The number of halogens is 1. The molecule has 3 N–H and O–H groups in total. The Morgan fingerprint density at radius 2 is 2.26 bits per heavy atom. The third kappa shape index (κ3) is 2.56. The first kappa shape index (κ1) is 13.8. The maximum absolute atomic E-state index is 13.6. The van der Waals surface area contributed by atoms with E-state index < -0.39 is 5.82 Å². The van der Waals surface area contributed by atoms with Crippen LogP contribution in [0.2, 0.25) is 0 Å². The molecule has 1 aromatic rings. The summed E-state index contributed by atoms with van der Waals surface area (Å²) in [6.45, 7) is 4.93. The first-order chi connectivity index (χ1) is 9.06. The van der Waals surface area contributed by atoms with Gasteiger partial charge < -0.3 is 10.3 Å². The topological polar surface area (TPSA) is 58.4 Å². The molecule has 0 saturated carbocycles. The molecule has 1 amide bonds. The van der Waals surface area contributed by atoms with Gasteiger partial charge in [0.25, 0.3) is 5.91 Å². The summed E-state index contributed by atoms with van der Waals surface area (Å²) >= 11 is 0. The van der Waals surface area contributed by atoms with E-state index in [4.69, 9.17) is 5.84 Å². The first-order valence-corrected chi connectivity index (χ1v) is 6.62. The molecule has 0 spiro atoms. The Labute approximate surface area is 112 Å². The van der Waals surface area contributed by atoms with E-state index in [9.17, 15) is 9.18 Å². The average molecular weight is 265 g/mol. The van der Waals surface area contributed by atoms with Crippen LogP contribution >= 0.6 is 0 Å². The van der Waals surface area contributed by atoms with Crippen molar-refractivity contribution in [3.63, 3.8) is 0 Å². The van der Waals surface area contributed by atoms with Gasteiger partial charge in [-0.15, -0.1) is 0 Å². The summed E-state index contributed by atoms with van der Waals surface area (Å²) in [5.74, 6) is 5.06. The van der Waals surface area contributed by atoms with Crippen molar-refractivity contribution in [1.82, 2.24) is 4.90 Å². The maximum Gasteiger partial charge on any atom is 0.256 e. The van der Waals surface area contributed by atoms with Crippen molar-refractivity contribution in [2.24, 2.45) is 11.8 Å². The Hall–Kier alpha value is -1.62. The lowest BCUT2D eigenvalue weighted by atomic mass is 10.0. The molecule has 0 aliphatic carbocycles. The fraction of sp³-hybridized carbons (Fsp3) is 0.500. The van der Waals surface area contributed by atoms with Crippen LogP contribution in [-0.2, 0) is 0 Å². The van der Waals surface area contributed by atoms with Crippen LogP contribution in [0.1, 0.15) is 37.0 Å². The highest BCUT2D eigenvalue weighted by Gasteiger charge is 2.32. The van der Waals surface area contributed by atoms with E-state index >= 15 is 0 Å².